The van der Waals surface area contributed by atoms with E-state index < -0.39 is 5.82 Å². The van der Waals surface area contributed by atoms with Crippen molar-refractivity contribution in [1.82, 2.24) is 4.90 Å². The van der Waals surface area contributed by atoms with Gasteiger partial charge in [0.25, 0.3) is 5.91 Å². The van der Waals surface area contributed by atoms with Crippen LogP contribution in [0, 0.1) is 12.7 Å². The molecular formula is C14H18FNO3. The number of amides is 1. The number of ether oxygens (including phenoxy) is 1. The fourth-order valence-electron chi connectivity index (χ4n) is 2.35. The summed E-state index contributed by atoms with van der Waals surface area (Å²) in [4.78, 5) is 13.9. The standard InChI is InChI=1S/C14H18FNO3/c1-9-3-11(5-12(15)4-9)14(18)16-6-10(2)19-13(7-16)8-17/h3-5,10,13,17H,6-8H2,1-2H3. The SMILES string of the molecule is Cc1cc(F)cc(C(=O)N2CC(C)OC(CO)C2)c1. The molecule has 1 saturated heterocycles. The molecule has 1 aliphatic rings. The van der Waals surface area contributed by atoms with Crippen LogP contribution in [0.2, 0.25) is 0 Å². The molecule has 0 aromatic heterocycles. The summed E-state index contributed by atoms with van der Waals surface area (Å²) in [6.45, 7) is 4.24. The second-order valence-corrected chi connectivity index (χ2v) is 4.98. The molecule has 2 rings (SSSR count). The fraction of sp³-hybridized carbons (Fsp3) is 0.500. The van der Waals surface area contributed by atoms with Gasteiger partial charge in [-0.3, -0.25) is 4.79 Å². The molecule has 19 heavy (non-hydrogen) atoms. The highest BCUT2D eigenvalue weighted by atomic mass is 19.1. The molecule has 1 aromatic carbocycles. The molecule has 1 heterocycles. The molecule has 0 radical (unpaired) electrons. The van der Waals surface area contributed by atoms with Crippen molar-refractivity contribution in [3.05, 3.63) is 35.1 Å². The average Bonchev–Trinajstić information content (AvgIpc) is 2.35. The molecular weight excluding hydrogens is 249 g/mol. The van der Waals surface area contributed by atoms with E-state index in [1.54, 1.807) is 17.9 Å². The van der Waals surface area contributed by atoms with Crippen molar-refractivity contribution in [3.63, 3.8) is 0 Å². The first kappa shape index (κ1) is 14.0. The minimum atomic E-state index is -0.414. The highest BCUT2D eigenvalue weighted by Gasteiger charge is 2.28. The number of carbonyl (C=O) groups is 1. The number of hydrogen-bond acceptors (Lipinski definition) is 3. The molecule has 2 unspecified atom stereocenters. The number of rotatable bonds is 2. The Bertz CT molecular complexity index is 458. The number of aliphatic hydroxyl groups excluding tert-OH is 1. The largest absolute Gasteiger partial charge is 0.394 e. The van der Waals surface area contributed by atoms with Crippen LogP contribution in [-0.4, -0.2) is 47.8 Å². The third-order valence-electron chi connectivity index (χ3n) is 3.11. The van der Waals surface area contributed by atoms with Crippen molar-refractivity contribution in [3.8, 4) is 0 Å². The maximum absolute atomic E-state index is 13.3. The summed E-state index contributed by atoms with van der Waals surface area (Å²) < 4.78 is 18.8. The second kappa shape index (κ2) is 5.67. The van der Waals surface area contributed by atoms with Crippen LogP contribution in [0.1, 0.15) is 22.8 Å². The Morgan fingerprint density at radius 2 is 2.21 bits per heavy atom. The van der Waals surface area contributed by atoms with Gasteiger partial charge in [-0.2, -0.15) is 0 Å². The normalized spacial score (nSPS) is 23.5. The quantitative estimate of drug-likeness (QED) is 0.880. The number of aryl methyl sites for hydroxylation is 1. The van der Waals surface area contributed by atoms with Gasteiger partial charge in [0.1, 0.15) is 5.82 Å². The Balaban J connectivity index is 2.18. The number of carbonyl (C=O) groups excluding carboxylic acids is 1. The van der Waals surface area contributed by atoms with E-state index in [4.69, 9.17) is 9.84 Å². The van der Waals surface area contributed by atoms with Gasteiger partial charge >= 0.3 is 0 Å². The van der Waals surface area contributed by atoms with Gasteiger partial charge < -0.3 is 14.7 Å². The van der Waals surface area contributed by atoms with Crippen LogP contribution >= 0.6 is 0 Å². The van der Waals surface area contributed by atoms with Crippen molar-refractivity contribution in [2.75, 3.05) is 19.7 Å². The molecule has 0 saturated carbocycles. The van der Waals surface area contributed by atoms with E-state index in [0.717, 1.165) is 0 Å². The van der Waals surface area contributed by atoms with E-state index in [0.29, 0.717) is 24.2 Å². The van der Waals surface area contributed by atoms with Crippen molar-refractivity contribution < 1.29 is 19.0 Å². The van der Waals surface area contributed by atoms with Gasteiger partial charge in [0.2, 0.25) is 0 Å². The van der Waals surface area contributed by atoms with Gasteiger partial charge in [-0.1, -0.05) is 0 Å². The zero-order chi connectivity index (χ0) is 14.0. The summed E-state index contributed by atoms with van der Waals surface area (Å²) in [5, 5.41) is 9.14. The molecule has 0 aliphatic carbocycles. The van der Waals surface area contributed by atoms with Gasteiger partial charge in [-0.05, 0) is 37.6 Å². The van der Waals surface area contributed by atoms with Crippen molar-refractivity contribution in [2.45, 2.75) is 26.1 Å². The number of hydrogen-bond donors (Lipinski definition) is 1. The zero-order valence-corrected chi connectivity index (χ0v) is 11.1. The third kappa shape index (κ3) is 3.30. The van der Waals surface area contributed by atoms with Gasteiger partial charge in [-0.25, -0.2) is 4.39 Å². The van der Waals surface area contributed by atoms with E-state index in [2.05, 4.69) is 0 Å². The number of benzene rings is 1. The summed E-state index contributed by atoms with van der Waals surface area (Å²) >= 11 is 0. The Labute approximate surface area is 111 Å². The van der Waals surface area contributed by atoms with E-state index in [1.165, 1.54) is 12.1 Å². The van der Waals surface area contributed by atoms with Crippen LogP contribution in [0.15, 0.2) is 18.2 Å². The van der Waals surface area contributed by atoms with Gasteiger partial charge in [0.05, 0.1) is 18.8 Å². The Morgan fingerprint density at radius 3 is 2.84 bits per heavy atom. The molecule has 2 atom stereocenters. The number of morpholine rings is 1. The predicted molar refractivity (Wildman–Crippen MR) is 68.5 cm³/mol. The fourth-order valence-corrected chi connectivity index (χ4v) is 2.35. The first-order valence-electron chi connectivity index (χ1n) is 6.32. The van der Waals surface area contributed by atoms with Gasteiger partial charge in [0, 0.05) is 18.7 Å². The van der Waals surface area contributed by atoms with Gasteiger partial charge in [0.15, 0.2) is 0 Å². The second-order valence-electron chi connectivity index (χ2n) is 4.98. The van der Waals surface area contributed by atoms with Gasteiger partial charge in [-0.15, -0.1) is 0 Å². The molecule has 5 heteroatoms. The molecule has 4 nitrogen and oxygen atoms in total. The predicted octanol–water partition coefficient (Wildman–Crippen LogP) is 1.36. The highest BCUT2D eigenvalue weighted by Crippen LogP contribution is 2.16. The Morgan fingerprint density at radius 1 is 1.47 bits per heavy atom. The van der Waals surface area contributed by atoms with Crippen molar-refractivity contribution in [2.24, 2.45) is 0 Å². The Kier molecular flexibility index (Phi) is 4.17. The van der Waals surface area contributed by atoms with Crippen LogP contribution in [0.25, 0.3) is 0 Å². The molecule has 104 valence electrons. The lowest BCUT2D eigenvalue weighted by atomic mass is 10.1. The Hall–Kier alpha value is -1.46. The number of halogens is 1. The van der Waals surface area contributed by atoms with Crippen LogP contribution in [0.3, 0.4) is 0 Å². The van der Waals surface area contributed by atoms with Crippen LogP contribution in [0.5, 0.6) is 0 Å². The number of aliphatic hydroxyl groups is 1. The molecule has 1 fully saturated rings. The summed E-state index contributed by atoms with van der Waals surface area (Å²) in [6.07, 6.45) is -0.508. The molecule has 0 spiro atoms. The first-order valence-corrected chi connectivity index (χ1v) is 6.32. The molecule has 1 aliphatic heterocycles. The number of nitrogens with zero attached hydrogens (tertiary/aromatic N) is 1. The minimum Gasteiger partial charge on any atom is -0.394 e. The molecule has 1 N–H and O–H groups in total. The smallest absolute Gasteiger partial charge is 0.254 e. The van der Waals surface area contributed by atoms with E-state index in [1.807, 2.05) is 6.92 Å². The minimum absolute atomic E-state index is 0.129. The third-order valence-corrected chi connectivity index (χ3v) is 3.11. The van der Waals surface area contributed by atoms with Crippen molar-refractivity contribution in [1.29, 1.82) is 0 Å². The maximum atomic E-state index is 13.3. The zero-order valence-electron chi connectivity index (χ0n) is 11.1. The van der Waals surface area contributed by atoms with Crippen molar-refractivity contribution >= 4 is 5.91 Å². The molecule has 1 amide bonds. The molecule has 1 aromatic rings. The molecule has 0 bridgehead atoms. The van der Waals surface area contributed by atoms with Crippen LogP contribution < -0.4 is 0 Å². The maximum Gasteiger partial charge on any atom is 0.254 e. The summed E-state index contributed by atoms with van der Waals surface area (Å²) in [7, 11) is 0. The summed E-state index contributed by atoms with van der Waals surface area (Å²) in [5.74, 6) is -0.639. The highest BCUT2D eigenvalue weighted by molar-refractivity contribution is 5.94. The summed E-state index contributed by atoms with van der Waals surface area (Å²) in [5.41, 5.74) is 1.05. The lowest BCUT2D eigenvalue weighted by Gasteiger charge is -2.36. The van der Waals surface area contributed by atoms with Crippen LogP contribution in [-0.2, 0) is 4.74 Å². The van der Waals surface area contributed by atoms with Crippen LogP contribution in [0.4, 0.5) is 4.39 Å². The van der Waals surface area contributed by atoms with E-state index in [9.17, 15) is 9.18 Å². The first-order chi connectivity index (χ1) is 8.99. The van der Waals surface area contributed by atoms with E-state index >= 15 is 0 Å². The lowest BCUT2D eigenvalue weighted by Crippen LogP contribution is -2.50. The summed E-state index contributed by atoms with van der Waals surface area (Å²) in [6, 6.07) is 4.29. The monoisotopic (exact) mass is 267 g/mol. The van der Waals surface area contributed by atoms with E-state index in [-0.39, 0.29) is 24.7 Å². The topological polar surface area (TPSA) is 49.8 Å². The lowest BCUT2D eigenvalue weighted by molar-refractivity contribution is -0.0858. The average molecular weight is 267 g/mol.